The summed E-state index contributed by atoms with van der Waals surface area (Å²) in [5.41, 5.74) is 2.50. The van der Waals surface area contributed by atoms with Gasteiger partial charge in [0.15, 0.2) is 0 Å². The molecular weight excluding hydrogens is 260 g/mol. The van der Waals surface area contributed by atoms with Crippen molar-refractivity contribution >= 4 is 0 Å². The zero-order chi connectivity index (χ0) is 14.5. The van der Waals surface area contributed by atoms with Crippen LogP contribution in [0.2, 0.25) is 0 Å². The van der Waals surface area contributed by atoms with E-state index in [-0.39, 0.29) is 0 Å². The van der Waals surface area contributed by atoms with Crippen LogP contribution < -0.4 is 5.32 Å². The summed E-state index contributed by atoms with van der Waals surface area (Å²) in [6.45, 7) is 6.85. The quantitative estimate of drug-likeness (QED) is 0.915. The molecule has 0 atom stereocenters. The molecule has 3 rings (SSSR count). The average Bonchev–Trinajstić information content (AvgIpc) is 3.08. The minimum atomic E-state index is 0.668. The Labute approximate surface area is 126 Å². The summed E-state index contributed by atoms with van der Waals surface area (Å²) in [5, 5.41) is 3.69. The lowest BCUT2D eigenvalue weighted by Gasteiger charge is -2.31. The SMILES string of the molecule is CCN1CCC(NCc2ccc(-n3ccnc3)cc2)CC1. The Balaban J connectivity index is 1.50. The molecule has 1 aliphatic rings. The summed E-state index contributed by atoms with van der Waals surface area (Å²) < 4.78 is 2.03. The van der Waals surface area contributed by atoms with Crippen molar-refractivity contribution in [2.24, 2.45) is 0 Å². The van der Waals surface area contributed by atoms with E-state index in [1.807, 2.05) is 17.1 Å². The molecule has 0 amide bonds. The molecule has 0 saturated carbocycles. The van der Waals surface area contributed by atoms with E-state index in [2.05, 4.69) is 46.4 Å². The van der Waals surface area contributed by atoms with Crippen LogP contribution in [0.15, 0.2) is 43.0 Å². The van der Waals surface area contributed by atoms with Gasteiger partial charge in [0.05, 0.1) is 6.33 Å². The maximum atomic E-state index is 4.08. The monoisotopic (exact) mass is 284 g/mol. The van der Waals surface area contributed by atoms with E-state index < -0.39 is 0 Å². The van der Waals surface area contributed by atoms with Gasteiger partial charge in [0.1, 0.15) is 0 Å². The van der Waals surface area contributed by atoms with Gasteiger partial charge in [-0.1, -0.05) is 19.1 Å². The molecule has 4 nitrogen and oxygen atoms in total. The van der Waals surface area contributed by atoms with Crippen molar-refractivity contribution in [3.05, 3.63) is 48.5 Å². The Bertz CT molecular complexity index is 524. The van der Waals surface area contributed by atoms with Crippen molar-refractivity contribution in [1.82, 2.24) is 19.8 Å². The van der Waals surface area contributed by atoms with Crippen LogP contribution in [0.1, 0.15) is 25.3 Å². The van der Waals surface area contributed by atoms with Gasteiger partial charge in [0, 0.05) is 30.7 Å². The molecule has 0 aliphatic carbocycles. The number of likely N-dealkylation sites (tertiary alicyclic amines) is 1. The van der Waals surface area contributed by atoms with E-state index in [9.17, 15) is 0 Å². The summed E-state index contributed by atoms with van der Waals surface area (Å²) in [6.07, 6.45) is 8.13. The highest BCUT2D eigenvalue weighted by molar-refractivity contribution is 5.34. The predicted molar refractivity (Wildman–Crippen MR) is 85.5 cm³/mol. The Kier molecular flexibility index (Phi) is 4.68. The van der Waals surface area contributed by atoms with Gasteiger partial charge in [0.2, 0.25) is 0 Å². The molecule has 0 unspecified atom stereocenters. The molecule has 1 aliphatic heterocycles. The fourth-order valence-corrected chi connectivity index (χ4v) is 2.91. The van der Waals surface area contributed by atoms with Gasteiger partial charge in [-0.25, -0.2) is 4.98 Å². The number of hydrogen-bond donors (Lipinski definition) is 1. The highest BCUT2D eigenvalue weighted by Gasteiger charge is 2.17. The van der Waals surface area contributed by atoms with Crippen molar-refractivity contribution in [2.75, 3.05) is 19.6 Å². The average molecular weight is 284 g/mol. The van der Waals surface area contributed by atoms with Gasteiger partial charge in [-0.3, -0.25) is 0 Å². The van der Waals surface area contributed by atoms with Crippen LogP contribution in [0.5, 0.6) is 0 Å². The number of hydrogen-bond acceptors (Lipinski definition) is 3. The Morgan fingerprint density at radius 2 is 1.95 bits per heavy atom. The molecular formula is C17H24N4. The molecule has 1 aromatic carbocycles. The maximum Gasteiger partial charge on any atom is 0.0991 e. The van der Waals surface area contributed by atoms with Gasteiger partial charge in [-0.2, -0.15) is 0 Å². The van der Waals surface area contributed by atoms with Crippen LogP contribution in [0.25, 0.3) is 5.69 Å². The molecule has 1 aromatic heterocycles. The molecule has 2 aromatic rings. The number of benzene rings is 1. The van der Waals surface area contributed by atoms with Crippen LogP contribution in [0.4, 0.5) is 0 Å². The van der Waals surface area contributed by atoms with Gasteiger partial charge in [-0.05, 0) is 50.2 Å². The minimum Gasteiger partial charge on any atom is -0.310 e. The summed E-state index contributed by atoms with van der Waals surface area (Å²) in [7, 11) is 0. The molecule has 1 N–H and O–H groups in total. The third kappa shape index (κ3) is 3.71. The fourth-order valence-electron chi connectivity index (χ4n) is 2.91. The topological polar surface area (TPSA) is 33.1 Å². The van der Waals surface area contributed by atoms with Crippen molar-refractivity contribution in [2.45, 2.75) is 32.4 Å². The number of nitrogens with zero attached hydrogens (tertiary/aromatic N) is 3. The summed E-state index contributed by atoms with van der Waals surface area (Å²) >= 11 is 0. The van der Waals surface area contributed by atoms with Gasteiger partial charge < -0.3 is 14.8 Å². The van der Waals surface area contributed by atoms with Crippen LogP contribution in [-0.4, -0.2) is 40.1 Å². The first-order chi connectivity index (χ1) is 10.3. The number of piperidine rings is 1. The third-order valence-corrected chi connectivity index (χ3v) is 4.37. The highest BCUT2D eigenvalue weighted by atomic mass is 15.1. The number of nitrogens with one attached hydrogen (secondary N) is 1. The van der Waals surface area contributed by atoms with E-state index >= 15 is 0 Å². The molecule has 0 radical (unpaired) electrons. The molecule has 0 bridgehead atoms. The lowest BCUT2D eigenvalue weighted by Crippen LogP contribution is -2.42. The summed E-state index contributed by atoms with van der Waals surface area (Å²) in [6, 6.07) is 9.37. The first kappa shape index (κ1) is 14.3. The van der Waals surface area contributed by atoms with Crippen LogP contribution in [0, 0.1) is 0 Å². The molecule has 21 heavy (non-hydrogen) atoms. The first-order valence-electron chi connectivity index (χ1n) is 7.88. The minimum absolute atomic E-state index is 0.668. The molecule has 1 fully saturated rings. The summed E-state index contributed by atoms with van der Waals surface area (Å²) in [5.74, 6) is 0. The lowest BCUT2D eigenvalue weighted by molar-refractivity contribution is 0.206. The fraction of sp³-hybridized carbons (Fsp3) is 0.471. The second kappa shape index (κ2) is 6.87. The smallest absolute Gasteiger partial charge is 0.0991 e. The first-order valence-corrected chi connectivity index (χ1v) is 7.88. The summed E-state index contributed by atoms with van der Waals surface area (Å²) in [4.78, 5) is 6.60. The van der Waals surface area contributed by atoms with Crippen LogP contribution in [-0.2, 0) is 6.54 Å². The zero-order valence-electron chi connectivity index (χ0n) is 12.7. The zero-order valence-corrected chi connectivity index (χ0v) is 12.7. The number of rotatable bonds is 5. The van der Waals surface area contributed by atoms with Crippen molar-refractivity contribution in [1.29, 1.82) is 0 Å². The molecule has 112 valence electrons. The molecule has 2 heterocycles. The molecule has 0 spiro atoms. The van der Waals surface area contributed by atoms with E-state index in [0.717, 1.165) is 12.2 Å². The van der Waals surface area contributed by atoms with E-state index in [4.69, 9.17) is 0 Å². The standard InChI is InChI=1S/C17H24N4/c1-2-20-10-7-16(8-11-20)19-13-15-3-5-17(6-4-15)21-12-9-18-14-21/h3-6,9,12,14,16,19H,2,7-8,10-11,13H2,1H3. The number of imidazole rings is 1. The van der Waals surface area contributed by atoms with E-state index in [0.29, 0.717) is 6.04 Å². The normalized spacial score (nSPS) is 17.2. The Morgan fingerprint density at radius 1 is 1.19 bits per heavy atom. The van der Waals surface area contributed by atoms with E-state index in [1.54, 1.807) is 6.20 Å². The predicted octanol–water partition coefficient (Wildman–Crippen LogP) is 2.45. The largest absolute Gasteiger partial charge is 0.310 e. The number of aromatic nitrogens is 2. The third-order valence-electron chi connectivity index (χ3n) is 4.37. The van der Waals surface area contributed by atoms with Gasteiger partial charge in [0.25, 0.3) is 0 Å². The van der Waals surface area contributed by atoms with E-state index in [1.165, 1.54) is 38.0 Å². The van der Waals surface area contributed by atoms with Crippen LogP contribution in [0.3, 0.4) is 0 Å². The van der Waals surface area contributed by atoms with Gasteiger partial charge in [-0.15, -0.1) is 0 Å². The second-order valence-corrected chi connectivity index (χ2v) is 5.73. The van der Waals surface area contributed by atoms with Crippen LogP contribution >= 0.6 is 0 Å². The molecule has 1 saturated heterocycles. The molecule has 4 heteroatoms. The Morgan fingerprint density at radius 3 is 2.57 bits per heavy atom. The highest BCUT2D eigenvalue weighted by Crippen LogP contribution is 2.12. The maximum absolute atomic E-state index is 4.08. The van der Waals surface area contributed by atoms with Crippen molar-refractivity contribution < 1.29 is 0 Å². The second-order valence-electron chi connectivity index (χ2n) is 5.73. The van der Waals surface area contributed by atoms with Crippen molar-refractivity contribution in [3.63, 3.8) is 0 Å². The lowest BCUT2D eigenvalue weighted by atomic mass is 10.0. The van der Waals surface area contributed by atoms with Crippen molar-refractivity contribution in [3.8, 4) is 5.69 Å². The Hall–Kier alpha value is -1.65. The van der Waals surface area contributed by atoms with Gasteiger partial charge >= 0.3 is 0 Å².